The first-order valence-electron chi connectivity index (χ1n) is 10.0. The number of ether oxygens (including phenoxy) is 1. The Morgan fingerprint density at radius 1 is 1.00 bits per heavy atom. The van der Waals surface area contributed by atoms with Crippen LogP contribution in [0, 0.1) is 13.8 Å². The summed E-state index contributed by atoms with van der Waals surface area (Å²) in [6.45, 7) is 3.81. The Morgan fingerprint density at radius 2 is 1.65 bits per heavy atom. The number of hydrogen-bond donors (Lipinski definition) is 1. The first-order chi connectivity index (χ1) is 14.8. The first-order valence-corrected chi connectivity index (χ1v) is 11.6. The van der Waals surface area contributed by atoms with Crippen molar-refractivity contribution < 1.29 is 17.9 Å². The Labute approximate surface area is 182 Å². The Kier molecular flexibility index (Phi) is 5.69. The molecule has 4 rings (SSSR count). The van der Waals surface area contributed by atoms with Gasteiger partial charge in [-0.05, 0) is 54.8 Å². The number of anilines is 2. The zero-order chi connectivity index (χ0) is 22.0. The average molecular weight is 437 g/mol. The predicted octanol–water partition coefficient (Wildman–Crippen LogP) is 4.04. The molecule has 6 nitrogen and oxygen atoms in total. The minimum absolute atomic E-state index is 0.0944. The lowest BCUT2D eigenvalue weighted by atomic mass is 10.1. The molecule has 3 aromatic carbocycles. The van der Waals surface area contributed by atoms with Crippen LogP contribution in [0.25, 0.3) is 0 Å². The van der Waals surface area contributed by atoms with Gasteiger partial charge in [-0.3, -0.25) is 9.10 Å². The van der Waals surface area contributed by atoms with Crippen molar-refractivity contribution in [1.82, 2.24) is 0 Å². The van der Waals surface area contributed by atoms with Crippen LogP contribution >= 0.6 is 0 Å². The lowest BCUT2D eigenvalue weighted by Gasteiger charge is -2.34. The van der Waals surface area contributed by atoms with E-state index in [0.29, 0.717) is 22.7 Å². The third-order valence-corrected chi connectivity index (χ3v) is 6.76. The Morgan fingerprint density at radius 3 is 2.35 bits per heavy atom. The van der Waals surface area contributed by atoms with Crippen LogP contribution in [-0.2, 0) is 20.6 Å². The molecule has 0 aromatic heterocycles. The van der Waals surface area contributed by atoms with Gasteiger partial charge in [0.2, 0.25) is 10.0 Å². The van der Waals surface area contributed by atoms with Crippen LogP contribution in [0.15, 0.2) is 72.8 Å². The Balaban J connectivity index is 1.61. The number of fused-ring (bicyclic) bond motifs is 1. The number of amides is 1. The highest BCUT2D eigenvalue weighted by molar-refractivity contribution is 7.92. The third kappa shape index (κ3) is 4.72. The summed E-state index contributed by atoms with van der Waals surface area (Å²) in [4.78, 5) is 13.0. The molecule has 1 aliphatic rings. The third-order valence-electron chi connectivity index (χ3n) is 5.04. The van der Waals surface area contributed by atoms with Gasteiger partial charge in [0.05, 0.1) is 18.0 Å². The summed E-state index contributed by atoms with van der Waals surface area (Å²) in [6.07, 6.45) is -0.971. The topological polar surface area (TPSA) is 75.7 Å². The Bertz CT molecular complexity index is 1190. The molecule has 0 saturated heterocycles. The normalized spacial score (nSPS) is 15.7. The van der Waals surface area contributed by atoms with Crippen molar-refractivity contribution >= 4 is 27.3 Å². The van der Waals surface area contributed by atoms with Gasteiger partial charge in [-0.25, -0.2) is 8.42 Å². The van der Waals surface area contributed by atoms with Crippen molar-refractivity contribution in [3.8, 4) is 5.75 Å². The fourth-order valence-electron chi connectivity index (χ4n) is 3.73. The fourth-order valence-corrected chi connectivity index (χ4v) is 5.32. The molecule has 0 bridgehead atoms. The number of rotatable bonds is 5. The van der Waals surface area contributed by atoms with E-state index in [1.165, 1.54) is 4.31 Å². The van der Waals surface area contributed by atoms with Gasteiger partial charge >= 0.3 is 0 Å². The molecule has 1 heterocycles. The zero-order valence-electron chi connectivity index (χ0n) is 17.4. The standard InChI is InChI=1S/C24H24N2O4S/c1-17-12-18(2)14-20(13-17)25-24(27)23-15-26(21-10-6-7-11-22(21)30-23)31(28,29)16-19-8-4-3-5-9-19/h3-14,23H,15-16H2,1-2H3,(H,25,27)/t23-/m0/s1. The van der Waals surface area contributed by atoms with Gasteiger partial charge in [0.25, 0.3) is 5.91 Å². The van der Waals surface area contributed by atoms with Crippen molar-refractivity contribution in [2.24, 2.45) is 0 Å². The number of nitrogens with zero attached hydrogens (tertiary/aromatic N) is 1. The maximum atomic E-state index is 13.3. The van der Waals surface area contributed by atoms with Gasteiger partial charge < -0.3 is 10.1 Å². The van der Waals surface area contributed by atoms with Crippen LogP contribution in [-0.4, -0.2) is 27.0 Å². The van der Waals surface area contributed by atoms with E-state index in [0.717, 1.165) is 11.1 Å². The summed E-state index contributed by atoms with van der Waals surface area (Å²) >= 11 is 0. The molecule has 31 heavy (non-hydrogen) atoms. The SMILES string of the molecule is Cc1cc(C)cc(NC(=O)[C@@H]2CN(S(=O)(=O)Cc3ccccc3)c3ccccc3O2)c1. The number of benzene rings is 3. The van der Waals surface area contributed by atoms with Crippen molar-refractivity contribution in [3.05, 3.63) is 89.5 Å². The molecule has 3 aromatic rings. The van der Waals surface area contributed by atoms with E-state index in [2.05, 4.69) is 5.32 Å². The summed E-state index contributed by atoms with van der Waals surface area (Å²) in [7, 11) is -3.73. The molecule has 1 aliphatic heterocycles. The maximum absolute atomic E-state index is 13.3. The summed E-state index contributed by atoms with van der Waals surface area (Å²) in [5, 5.41) is 2.86. The van der Waals surface area contributed by atoms with Crippen LogP contribution in [0.3, 0.4) is 0 Å². The molecular weight excluding hydrogens is 412 g/mol. The number of hydrogen-bond acceptors (Lipinski definition) is 4. The number of para-hydroxylation sites is 2. The van der Waals surface area contributed by atoms with Crippen LogP contribution < -0.4 is 14.4 Å². The van der Waals surface area contributed by atoms with E-state index in [4.69, 9.17) is 4.74 Å². The second kappa shape index (κ2) is 8.43. The average Bonchev–Trinajstić information content (AvgIpc) is 2.72. The minimum Gasteiger partial charge on any atom is -0.476 e. The van der Waals surface area contributed by atoms with E-state index in [9.17, 15) is 13.2 Å². The van der Waals surface area contributed by atoms with Gasteiger partial charge in [0.1, 0.15) is 5.75 Å². The van der Waals surface area contributed by atoms with E-state index < -0.39 is 16.1 Å². The monoisotopic (exact) mass is 436 g/mol. The quantitative estimate of drug-likeness (QED) is 0.655. The van der Waals surface area contributed by atoms with E-state index in [1.54, 1.807) is 48.5 Å². The largest absolute Gasteiger partial charge is 0.476 e. The molecule has 7 heteroatoms. The molecule has 0 spiro atoms. The molecule has 0 saturated carbocycles. The molecule has 0 radical (unpaired) electrons. The highest BCUT2D eigenvalue weighted by atomic mass is 32.2. The lowest BCUT2D eigenvalue weighted by Crippen LogP contribution is -2.49. The molecular formula is C24H24N2O4S. The van der Waals surface area contributed by atoms with Gasteiger partial charge in [-0.1, -0.05) is 48.5 Å². The molecule has 1 amide bonds. The smallest absolute Gasteiger partial charge is 0.267 e. The number of sulfonamides is 1. The number of carbonyl (C=O) groups excluding carboxylic acids is 1. The molecule has 1 atom stereocenters. The summed E-state index contributed by atoms with van der Waals surface area (Å²) in [5.41, 5.74) is 3.83. The molecule has 0 aliphatic carbocycles. The number of carbonyl (C=O) groups is 1. The van der Waals surface area contributed by atoms with Crippen molar-refractivity contribution in [3.63, 3.8) is 0 Å². The van der Waals surface area contributed by atoms with Crippen LogP contribution in [0.1, 0.15) is 16.7 Å². The Hall–Kier alpha value is -3.32. The van der Waals surface area contributed by atoms with Crippen molar-refractivity contribution in [1.29, 1.82) is 0 Å². The molecule has 0 fully saturated rings. The molecule has 0 unspecified atom stereocenters. The highest BCUT2D eigenvalue weighted by Gasteiger charge is 2.36. The van der Waals surface area contributed by atoms with Gasteiger partial charge in [-0.15, -0.1) is 0 Å². The van der Waals surface area contributed by atoms with E-state index >= 15 is 0 Å². The second-order valence-electron chi connectivity index (χ2n) is 7.71. The first kappa shape index (κ1) is 20.9. The van der Waals surface area contributed by atoms with Crippen molar-refractivity contribution in [2.45, 2.75) is 25.7 Å². The summed E-state index contributed by atoms with van der Waals surface area (Å²) in [5.74, 6) is -0.182. The minimum atomic E-state index is -3.73. The highest BCUT2D eigenvalue weighted by Crippen LogP contribution is 2.36. The lowest BCUT2D eigenvalue weighted by molar-refractivity contribution is -0.122. The zero-order valence-corrected chi connectivity index (χ0v) is 18.2. The number of nitrogens with one attached hydrogen (secondary N) is 1. The van der Waals surface area contributed by atoms with Crippen LogP contribution in [0.4, 0.5) is 11.4 Å². The van der Waals surface area contributed by atoms with Gasteiger partial charge in [0, 0.05) is 5.69 Å². The fraction of sp³-hybridized carbons (Fsp3) is 0.208. The summed E-state index contributed by atoms with van der Waals surface area (Å²) in [6, 6.07) is 21.6. The predicted molar refractivity (Wildman–Crippen MR) is 122 cm³/mol. The van der Waals surface area contributed by atoms with E-state index in [-0.39, 0.29) is 18.2 Å². The molecule has 1 N–H and O–H groups in total. The van der Waals surface area contributed by atoms with Crippen LogP contribution in [0.5, 0.6) is 5.75 Å². The van der Waals surface area contributed by atoms with Gasteiger partial charge in [-0.2, -0.15) is 0 Å². The second-order valence-corrected chi connectivity index (χ2v) is 9.61. The summed E-state index contributed by atoms with van der Waals surface area (Å²) < 4.78 is 33.7. The maximum Gasteiger partial charge on any atom is 0.267 e. The van der Waals surface area contributed by atoms with E-state index in [1.807, 2.05) is 38.1 Å². The van der Waals surface area contributed by atoms with Crippen LogP contribution in [0.2, 0.25) is 0 Å². The van der Waals surface area contributed by atoms with Gasteiger partial charge in [0.15, 0.2) is 6.10 Å². The van der Waals surface area contributed by atoms with Crippen molar-refractivity contribution in [2.75, 3.05) is 16.2 Å². The molecule has 160 valence electrons. The number of aryl methyl sites for hydroxylation is 2.